The minimum atomic E-state index is -1.34. The minimum absolute atomic E-state index is 0.0187. The van der Waals surface area contributed by atoms with Crippen LogP contribution in [-0.2, 0) is 9.53 Å². The van der Waals surface area contributed by atoms with Crippen molar-refractivity contribution in [2.75, 3.05) is 20.3 Å². The molecular weight excluding hydrogens is 264 g/mol. The molecule has 0 bridgehead atoms. The van der Waals surface area contributed by atoms with Crippen LogP contribution in [0.1, 0.15) is 32.1 Å². The lowest BCUT2D eigenvalue weighted by Gasteiger charge is -2.36. The molecule has 1 aliphatic carbocycles. The SMILES string of the molecule is CN(C(=O)NC1(C(=O)O)CCOC1)C1CCCCC1O. The fourth-order valence-electron chi connectivity index (χ4n) is 2.87. The van der Waals surface area contributed by atoms with Gasteiger partial charge in [0.2, 0.25) is 0 Å². The first-order chi connectivity index (χ1) is 9.46. The monoisotopic (exact) mass is 286 g/mol. The number of carbonyl (C=O) groups excluding carboxylic acids is 1. The molecule has 7 nitrogen and oxygen atoms in total. The molecule has 0 aromatic heterocycles. The van der Waals surface area contributed by atoms with E-state index in [9.17, 15) is 19.8 Å². The third-order valence-corrected chi connectivity index (χ3v) is 4.29. The number of rotatable bonds is 3. The number of aliphatic hydroxyl groups is 1. The molecule has 0 aromatic rings. The van der Waals surface area contributed by atoms with E-state index in [2.05, 4.69) is 5.32 Å². The van der Waals surface area contributed by atoms with Crippen molar-refractivity contribution < 1.29 is 24.5 Å². The molecule has 2 fully saturated rings. The predicted molar refractivity (Wildman–Crippen MR) is 70.4 cm³/mol. The Kier molecular flexibility index (Phi) is 4.49. The maximum atomic E-state index is 12.2. The number of carboxylic acid groups (broad SMARTS) is 1. The summed E-state index contributed by atoms with van der Waals surface area (Å²) in [6.07, 6.45) is 3.05. The van der Waals surface area contributed by atoms with Gasteiger partial charge in [-0.25, -0.2) is 9.59 Å². The van der Waals surface area contributed by atoms with Gasteiger partial charge in [-0.3, -0.25) is 0 Å². The predicted octanol–water partition coefficient (Wildman–Crippen LogP) is 0.175. The van der Waals surface area contributed by atoms with Gasteiger partial charge in [0.15, 0.2) is 5.54 Å². The van der Waals surface area contributed by atoms with E-state index in [1.165, 1.54) is 4.90 Å². The highest BCUT2D eigenvalue weighted by Gasteiger charge is 2.45. The maximum Gasteiger partial charge on any atom is 0.332 e. The summed E-state index contributed by atoms with van der Waals surface area (Å²) in [5.41, 5.74) is -1.34. The Balaban J connectivity index is 2.01. The summed E-state index contributed by atoms with van der Waals surface area (Å²) in [6, 6.07) is -0.722. The number of hydrogen-bond donors (Lipinski definition) is 3. The minimum Gasteiger partial charge on any atom is -0.479 e. The summed E-state index contributed by atoms with van der Waals surface area (Å²) in [6.45, 7) is 0.303. The molecule has 1 saturated carbocycles. The number of nitrogens with zero attached hydrogens (tertiary/aromatic N) is 1. The van der Waals surface area contributed by atoms with Crippen LogP contribution in [0.5, 0.6) is 0 Å². The van der Waals surface area contributed by atoms with Gasteiger partial charge in [0.1, 0.15) is 0 Å². The number of likely N-dealkylation sites (N-methyl/N-ethyl adjacent to an activating group) is 1. The van der Waals surface area contributed by atoms with Crippen LogP contribution >= 0.6 is 0 Å². The van der Waals surface area contributed by atoms with Gasteiger partial charge in [-0.2, -0.15) is 0 Å². The normalized spacial score (nSPS) is 33.7. The number of aliphatic hydroxyl groups excluding tert-OH is 1. The Morgan fingerprint density at radius 3 is 2.60 bits per heavy atom. The second-order valence-electron chi connectivity index (χ2n) is 5.65. The van der Waals surface area contributed by atoms with Crippen molar-refractivity contribution in [1.29, 1.82) is 0 Å². The highest BCUT2D eigenvalue weighted by molar-refractivity contribution is 5.86. The zero-order chi connectivity index (χ0) is 14.8. The molecule has 1 heterocycles. The van der Waals surface area contributed by atoms with Crippen LogP contribution in [0.25, 0.3) is 0 Å². The Bertz CT molecular complexity index is 381. The van der Waals surface area contributed by atoms with Crippen LogP contribution in [0.15, 0.2) is 0 Å². The second-order valence-corrected chi connectivity index (χ2v) is 5.65. The summed E-state index contributed by atoms with van der Waals surface area (Å²) in [5.74, 6) is -1.08. The van der Waals surface area contributed by atoms with Gasteiger partial charge >= 0.3 is 12.0 Å². The summed E-state index contributed by atoms with van der Waals surface area (Å²) in [5, 5.41) is 21.8. The largest absolute Gasteiger partial charge is 0.479 e. The molecule has 1 aliphatic heterocycles. The molecular formula is C13H22N2O5. The number of carbonyl (C=O) groups is 2. The number of ether oxygens (including phenoxy) is 1. The lowest BCUT2D eigenvalue weighted by atomic mass is 9.91. The van der Waals surface area contributed by atoms with Crippen molar-refractivity contribution >= 4 is 12.0 Å². The number of carboxylic acids is 1. The van der Waals surface area contributed by atoms with E-state index in [-0.39, 0.29) is 19.1 Å². The van der Waals surface area contributed by atoms with Gasteiger partial charge in [0, 0.05) is 20.1 Å². The van der Waals surface area contributed by atoms with Gasteiger partial charge in [-0.05, 0) is 12.8 Å². The fraction of sp³-hybridized carbons (Fsp3) is 0.846. The van der Waals surface area contributed by atoms with Gasteiger partial charge in [-0.1, -0.05) is 12.8 Å². The van der Waals surface area contributed by atoms with E-state index >= 15 is 0 Å². The van der Waals surface area contributed by atoms with Crippen molar-refractivity contribution in [3.05, 3.63) is 0 Å². The highest BCUT2D eigenvalue weighted by atomic mass is 16.5. The van der Waals surface area contributed by atoms with Crippen LogP contribution in [-0.4, -0.2) is 65.1 Å². The highest BCUT2D eigenvalue weighted by Crippen LogP contribution is 2.24. The number of urea groups is 1. The van der Waals surface area contributed by atoms with E-state index in [0.717, 1.165) is 19.3 Å². The number of aliphatic carboxylic acids is 1. The molecule has 2 aliphatic rings. The van der Waals surface area contributed by atoms with E-state index in [0.29, 0.717) is 13.0 Å². The van der Waals surface area contributed by atoms with Crippen molar-refractivity contribution in [2.24, 2.45) is 0 Å². The van der Waals surface area contributed by atoms with Gasteiger partial charge in [0.05, 0.1) is 18.8 Å². The smallest absolute Gasteiger partial charge is 0.332 e. The van der Waals surface area contributed by atoms with Crippen LogP contribution in [0.2, 0.25) is 0 Å². The van der Waals surface area contributed by atoms with E-state index in [4.69, 9.17) is 4.74 Å². The van der Waals surface area contributed by atoms with Gasteiger partial charge < -0.3 is 25.2 Å². The Hall–Kier alpha value is -1.34. The topological polar surface area (TPSA) is 99.1 Å². The molecule has 114 valence electrons. The molecule has 1 saturated heterocycles. The average molecular weight is 286 g/mol. The third kappa shape index (κ3) is 2.88. The van der Waals surface area contributed by atoms with Crippen molar-refractivity contribution in [3.63, 3.8) is 0 Å². The molecule has 0 radical (unpaired) electrons. The standard InChI is InChI=1S/C13H22N2O5/c1-15(9-4-2-3-5-10(9)16)12(19)14-13(11(17)18)6-7-20-8-13/h9-10,16H,2-8H2,1H3,(H,14,19)(H,17,18). The summed E-state index contributed by atoms with van der Waals surface area (Å²) in [7, 11) is 1.60. The Labute approximate surface area is 117 Å². The first-order valence-electron chi connectivity index (χ1n) is 7.00. The summed E-state index contributed by atoms with van der Waals surface area (Å²) in [4.78, 5) is 25.0. The molecule has 2 amide bonds. The van der Waals surface area contributed by atoms with E-state index in [1.807, 2.05) is 0 Å². The molecule has 3 N–H and O–H groups in total. The molecule has 3 atom stereocenters. The Morgan fingerprint density at radius 2 is 2.05 bits per heavy atom. The molecule has 3 unspecified atom stereocenters. The quantitative estimate of drug-likeness (QED) is 0.687. The first kappa shape index (κ1) is 15.1. The zero-order valence-corrected chi connectivity index (χ0v) is 11.7. The van der Waals surface area contributed by atoms with Crippen LogP contribution in [0, 0.1) is 0 Å². The van der Waals surface area contributed by atoms with E-state index < -0.39 is 23.6 Å². The number of amides is 2. The molecule has 7 heteroatoms. The molecule has 2 rings (SSSR count). The van der Waals surface area contributed by atoms with Crippen LogP contribution < -0.4 is 5.32 Å². The lowest BCUT2D eigenvalue weighted by Crippen LogP contribution is -2.60. The van der Waals surface area contributed by atoms with Gasteiger partial charge in [-0.15, -0.1) is 0 Å². The van der Waals surface area contributed by atoms with Gasteiger partial charge in [0.25, 0.3) is 0 Å². The van der Waals surface area contributed by atoms with Crippen LogP contribution in [0.3, 0.4) is 0 Å². The number of nitrogens with one attached hydrogen (secondary N) is 1. The zero-order valence-electron chi connectivity index (χ0n) is 11.7. The number of hydrogen-bond acceptors (Lipinski definition) is 4. The summed E-state index contributed by atoms with van der Waals surface area (Å²) >= 11 is 0. The Morgan fingerprint density at radius 1 is 1.35 bits per heavy atom. The van der Waals surface area contributed by atoms with E-state index in [1.54, 1.807) is 7.05 Å². The average Bonchev–Trinajstić information content (AvgIpc) is 2.88. The fourth-order valence-corrected chi connectivity index (χ4v) is 2.87. The maximum absolute atomic E-state index is 12.2. The van der Waals surface area contributed by atoms with Crippen LogP contribution in [0.4, 0.5) is 4.79 Å². The first-order valence-corrected chi connectivity index (χ1v) is 7.00. The second kappa shape index (κ2) is 5.97. The third-order valence-electron chi connectivity index (χ3n) is 4.29. The lowest BCUT2D eigenvalue weighted by molar-refractivity contribution is -0.144. The summed E-state index contributed by atoms with van der Waals surface area (Å²) < 4.78 is 5.11. The van der Waals surface area contributed by atoms with Crippen molar-refractivity contribution in [1.82, 2.24) is 10.2 Å². The molecule has 20 heavy (non-hydrogen) atoms. The molecule has 0 aromatic carbocycles. The van der Waals surface area contributed by atoms with Crippen molar-refractivity contribution in [3.8, 4) is 0 Å². The molecule has 0 spiro atoms. The van der Waals surface area contributed by atoms with Crippen molar-refractivity contribution in [2.45, 2.75) is 49.8 Å².